The summed E-state index contributed by atoms with van der Waals surface area (Å²) < 4.78 is 417. The van der Waals surface area contributed by atoms with Crippen molar-refractivity contribution in [2.24, 2.45) is 0 Å². The van der Waals surface area contributed by atoms with Gasteiger partial charge in [0.1, 0.15) is 0 Å². The fourth-order valence-electron chi connectivity index (χ4n) is 3.55. The van der Waals surface area contributed by atoms with Gasteiger partial charge in [0.05, 0.1) is 55.4 Å². The molecule has 0 spiro atoms. The second-order valence-electron chi connectivity index (χ2n) is 14.6. The summed E-state index contributed by atoms with van der Waals surface area (Å²) in [5.74, 6) is -64.2. The topological polar surface area (TPSA) is 173 Å². The molecule has 0 unspecified atom stereocenters. The van der Waals surface area contributed by atoms with Crippen molar-refractivity contribution in [2.75, 3.05) is 68.5 Å². The van der Waals surface area contributed by atoms with Crippen LogP contribution in [0.4, 0.5) is 114 Å². The normalized spacial score (nSPS) is 15.8. The van der Waals surface area contributed by atoms with Crippen molar-refractivity contribution in [1.29, 1.82) is 0 Å². The lowest BCUT2D eigenvalue weighted by molar-refractivity contribution is -0.870. The van der Waals surface area contributed by atoms with Crippen LogP contribution in [-0.4, -0.2) is 182 Å². The predicted octanol–water partition coefficient (Wildman–Crippen LogP) is 6.06. The molecule has 12 nitrogen and oxygen atoms in total. The number of quaternary nitrogens is 2. The average Bonchev–Trinajstić information content (AvgIpc) is 3.01. The summed E-state index contributed by atoms with van der Waals surface area (Å²) in [4.78, 5) is 0. The van der Waals surface area contributed by atoms with E-state index in [-0.39, 0.29) is 34.9 Å². The molecule has 0 saturated carbocycles. The highest BCUT2D eigenvalue weighted by Gasteiger charge is 2.94. The van der Waals surface area contributed by atoms with E-state index in [1.54, 1.807) is 0 Å². The Morgan fingerprint density at radius 2 is 0.523 bits per heavy atom. The van der Waals surface area contributed by atoms with Gasteiger partial charge in [-0.25, -0.2) is 26.3 Å². The van der Waals surface area contributed by atoms with Gasteiger partial charge in [-0.1, -0.05) is 0 Å². The molecule has 0 amide bonds. The molecule has 0 aliphatic carbocycles. The number of halogens is 26. The quantitative estimate of drug-likeness (QED) is 0.0487. The maximum atomic E-state index is 13.6. The molecule has 0 saturated heterocycles. The summed E-state index contributed by atoms with van der Waals surface area (Å²) >= 11 is 0. The van der Waals surface area contributed by atoms with Gasteiger partial charge in [0, 0.05) is 36.3 Å². The van der Waals surface area contributed by atoms with Crippen LogP contribution in [0.15, 0.2) is 0 Å². The molecule has 0 rings (SSSR count). The summed E-state index contributed by atoms with van der Waals surface area (Å²) in [7, 11) is -9.96. The largest absolute Gasteiger partial charge is 0.759 e. The van der Waals surface area contributed by atoms with Crippen LogP contribution < -0.4 is 9.44 Å². The lowest BCUT2D eigenvalue weighted by atomic mass is 9.98. The Hall–Kier alpha value is -2.21. The number of rotatable bonds is 20. The van der Waals surface area contributed by atoms with Crippen molar-refractivity contribution >= 4 is 30.4 Å². The fourth-order valence-corrected chi connectivity index (χ4v) is 5.67. The van der Waals surface area contributed by atoms with Gasteiger partial charge in [0.2, 0.25) is 0 Å². The molecule has 0 aromatic carbocycles. The molecule has 65 heavy (non-hydrogen) atoms. The minimum Gasteiger partial charge on any atom is -0.759 e. The molecule has 0 aliphatic heterocycles. The zero-order valence-electron chi connectivity index (χ0n) is 32.5. The molecule has 0 aromatic rings. The summed E-state index contributed by atoms with van der Waals surface area (Å²) in [5.41, 5.74) is 0. The number of alkyl halides is 26. The van der Waals surface area contributed by atoms with E-state index < -0.39 is 114 Å². The Balaban J connectivity index is -0.00000107. The van der Waals surface area contributed by atoms with E-state index in [2.05, 4.69) is 0 Å². The molecule has 0 atom stereocenters. The molecule has 0 aromatic heterocycles. The number of hydrogen-bond donors (Lipinski definition) is 2. The third-order valence-corrected chi connectivity index (χ3v) is 10.1. The third kappa shape index (κ3) is 14.4. The molecule has 0 bridgehead atoms. The minimum atomic E-state index is -8.15. The first-order valence-electron chi connectivity index (χ1n) is 15.6. The van der Waals surface area contributed by atoms with Crippen molar-refractivity contribution in [3.05, 3.63) is 0 Å². The summed E-state index contributed by atoms with van der Waals surface area (Å²) in [6.45, 7) is -2.17. The van der Waals surface area contributed by atoms with Gasteiger partial charge in [-0.05, 0) is 0 Å². The van der Waals surface area contributed by atoms with Crippen LogP contribution >= 0.6 is 0 Å². The van der Waals surface area contributed by atoms with Gasteiger partial charge in [0.25, 0.3) is 20.0 Å². The Labute approximate surface area is 349 Å². The lowest BCUT2D eigenvalue weighted by Gasteiger charge is -2.39. The van der Waals surface area contributed by atoms with E-state index in [1.807, 2.05) is 0 Å². The smallest absolute Gasteiger partial charge is 0.460 e. The Morgan fingerprint density at radius 3 is 0.677 bits per heavy atom. The number of nitrogens with zero attached hydrogens (tertiary/aromatic N) is 2. The van der Waals surface area contributed by atoms with Gasteiger partial charge in [-0.3, -0.25) is 8.42 Å². The van der Waals surface area contributed by atoms with Crippen molar-refractivity contribution in [3.63, 3.8) is 0 Å². The van der Waals surface area contributed by atoms with Crippen molar-refractivity contribution < 1.29 is 157 Å². The highest BCUT2D eigenvalue weighted by molar-refractivity contribution is 7.90. The second-order valence-corrected chi connectivity index (χ2v) is 19.0. The molecule has 0 radical (unpaired) electrons. The van der Waals surface area contributed by atoms with Crippen LogP contribution in [-0.2, 0) is 30.4 Å². The first kappa shape index (κ1) is 67.1. The van der Waals surface area contributed by atoms with Gasteiger partial charge in [-0.15, -0.1) is 0 Å². The fraction of sp³-hybridized carbons (Fsp3) is 1.00. The van der Waals surface area contributed by atoms with E-state index in [0.717, 1.165) is 0 Å². The SMILES string of the molecule is C[N+](C)(C)CCCNS(=O)(=O)C(F)(F)C(F)(F)C(F)(F)C(F)(F)C(F)(F)C(F)(F)F.C[N+](C)(C)CCCNS(=O)(=O)C(F)(F)C(F)(F)C(F)(F)C(F)(F)C(F)(F)C(F)(F)F.O=S(=O)([O-])[O-]. The van der Waals surface area contributed by atoms with Gasteiger partial charge >= 0.3 is 70.2 Å². The molecule has 0 heterocycles. The molecule has 2 N–H and O–H groups in total. The standard InChI is InChI=1S/2C12H16F13N2O2S.H2O4S/c2*1-27(2,3)6-4-5-26-30(28,29)12(24,25)10(19,20)8(15,16)7(13,14)9(17,18)11(21,22)23;1-5(2,3)4/h2*26H,4-6H2,1-3H3;(H2,1,2,3,4)/q2*+1;/p-2. The van der Waals surface area contributed by atoms with Gasteiger partial charge in [-0.2, -0.15) is 114 Å². The van der Waals surface area contributed by atoms with Crippen LogP contribution in [0.3, 0.4) is 0 Å². The lowest BCUT2D eigenvalue weighted by Crippen LogP contribution is -2.71. The van der Waals surface area contributed by atoms with Gasteiger partial charge in [0.15, 0.2) is 0 Å². The van der Waals surface area contributed by atoms with E-state index in [4.69, 9.17) is 17.5 Å². The van der Waals surface area contributed by atoms with Crippen LogP contribution in [0, 0.1) is 0 Å². The van der Waals surface area contributed by atoms with Crippen molar-refractivity contribution in [3.8, 4) is 0 Å². The number of nitrogens with one attached hydrogen (secondary N) is 2. The molecular formula is C24H32F26N4O8S3. The molecule has 41 heteroatoms. The highest BCUT2D eigenvalue weighted by atomic mass is 32.3. The minimum absolute atomic E-state index is 0.0104. The third-order valence-electron chi connectivity index (χ3n) is 7.08. The highest BCUT2D eigenvalue weighted by Crippen LogP contribution is 2.62. The van der Waals surface area contributed by atoms with E-state index in [0.29, 0.717) is 9.44 Å². The Morgan fingerprint density at radius 1 is 0.354 bits per heavy atom. The first-order valence-corrected chi connectivity index (χ1v) is 19.9. The maximum absolute atomic E-state index is 13.6. The van der Waals surface area contributed by atoms with Crippen molar-refractivity contribution in [1.82, 2.24) is 9.44 Å². The Kier molecular flexibility index (Phi) is 20.3. The van der Waals surface area contributed by atoms with Crippen LogP contribution in [0.25, 0.3) is 0 Å². The molecule has 396 valence electrons. The zero-order chi connectivity index (χ0) is 54.2. The average molecular weight is 1090 g/mol. The second kappa shape index (κ2) is 19.7. The molecule has 0 aliphatic rings. The summed E-state index contributed by atoms with van der Waals surface area (Å²) in [6, 6.07) is 0. The molecular weight excluding hydrogens is 1060 g/mol. The van der Waals surface area contributed by atoms with Crippen LogP contribution in [0.5, 0.6) is 0 Å². The van der Waals surface area contributed by atoms with E-state index in [1.165, 1.54) is 42.3 Å². The predicted molar refractivity (Wildman–Crippen MR) is 161 cm³/mol. The molecule has 0 fully saturated rings. The summed E-state index contributed by atoms with van der Waals surface area (Å²) in [6.07, 6.45) is -15.8. The zero-order valence-corrected chi connectivity index (χ0v) is 34.9. The van der Waals surface area contributed by atoms with Crippen LogP contribution in [0.2, 0.25) is 0 Å². The van der Waals surface area contributed by atoms with Crippen LogP contribution in [0.1, 0.15) is 12.8 Å². The summed E-state index contributed by atoms with van der Waals surface area (Å²) in [5, 5.41) is -14.4. The number of sulfonamides is 2. The number of hydrogen-bond acceptors (Lipinski definition) is 8. The van der Waals surface area contributed by atoms with E-state index in [9.17, 15) is 131 Å². The van der Waals surface area contributed by atoms with Gasteiger partial charge < -0.3 is 18.1 Å². The van der Waals surface area contributed by atoms with Crippen molar-refractivity contribution in [2.45, 2.75) is 83.1 Å². The first-order chi connectivity index (χ1) is 27.4. The maximum Gasteiger partial charge on any atom is 0.460 e. The monoisotopic (exact) mass is 1090 g/mol. The van der Waals surface area contributed by atoms with E-state index >= 15 is 0 Å². The Bertz CT molecular complexity index is 1780.